The Balaban J connectivity index is 2.39. The van der Waals surface area contributed by atoms with E-state index in [-0.39, 0.29) is 5.75 Å². The lowest BCUT2D eigenvalue weighted by molar-refractivity contribution is 0.476. The van der Waals surface area contributed by atoms with Crippen molar-refractivity contribution >= 4 is 0 Å². The summed E-state index contributed by atoms with van der Waals surface area (Å²) in [7, 11) is 0. The summed E-state index contributed by atoms with van der Waals surface area (Å²) in [4.78, 5) is 7.04. The monoisotopic (exact) mass is 200 g/mol. The maximum atomic E-state index is 9.80. The molecule has 2 rings (SSSR count). The molecule has 3 heteroatoms. The molecule has 0 saturated carbocycles. The number of aromatic nitrogens is 2. The fraction of sp³-hybridized carbons (Fsp3) is 0.0833. The Morgan fingerprint density at radius 3 is 2.93 bits per heavy atom. The second-order valence-corrected chi connectivity index (χ2v) is 3.28. The summed E-state index contributed by atoms with van der Waals surface area (Å²) in [6.45, 7) is 3.66. The molecule has 0 radical (unpaired) electrons. The Morgan fingerprint density at radius 2 is 2.33 bits per heavy atom. The Kier molecular flexibility index (Phi) is 2.54. The van der Waals surface area contributed by atoms with Crippen molar-refractivity contribution in [1.29, 1.82) is 0 Å². The van der Waals surface area contributed by atoms with Crippen molar-refractivity contribution in [2.75, 3.05) is 0 Å². The standard InChI is InChI=1S/C12H12N2O/c1-2-3-9-4-5-10(11(15)8-9)12-13-6-7-14-12/h2,4-8,15H,1,3H2,(H,13,14). The van der Waals surface area contributed by atoms with Crippen LogP contribution in [0.5, 0.6) is 5.75 Å². The van der Waals surface area contributed by atoms with Gasteiger partial charge in [0.05, 0.1) is 5.56 Å². The first-order valence-electron chi connectivity index (χ1n) is 4.74. The molecular formula is C12H12N2O. The van der Waals surface area contributed by atoms with Crippen molar-refractivity contribution in [2.45, 2.75) is 6.42 Å². The second kappa shape index (κ2) is 4.00. The van der Waals surface area contributed by atoms with Crippen molar-refractivity contribution in [2.24, 2.45) is 0 Å². The number of imidazole rings is 1. The van der Waals surface area contributed by atoms with E-state index in [0.29, 0.717) is 11.4 Å². The number of phenolic OH excluding ortho intramolecular Hbond substituents is 1. The lowest BCUT2D eigenvalue weighted by Gasteiger charge is -2.03. The highest BCUT2D eigenvalue weighted by Gasteiger charge is 2.06. The first kappa shape index (κ1) is 9.52. The lowest BCUT2D eigenvalue weighted by atomic mass is 10.1. The number of nitrogens with one attached hydrogen (secondary N) is 1. The van der Waals surface area contributed by atoms with Crippen molar-refractivity contribution in [3.63, 3.8) is 0 Å². The number of aromatic amines is 1. The van der Waals surface area contributed by atoms with Crippen LogP contribution in [0, 0.1) is 0 Å². The van der Waals surface area contributed by atoms with Crippen LogP contribution in [0.4, 0.5) is 0 Å². The van der Waals surface area contributed by atoms with Crippen LogP contribution < -0.4 is 0 Å². The Hall–Kier alpha value is -2.03. The fourth-order valence-electron chi connectivity index (χ4n) is 1.48. The van der Waals surface area contributed by atoms with E-state index < -0.39 is 0 Å². The van der Waals surface area contributed by atoms with Crippen LogP contribution in [0.25, 0.3) is 11.4 Å². The molecule has 0 fully saturated rings. The summed E-state index contributed by atoms with van der Waals surface area (Å²) in [5.74, 6) is 0.918. The highest BCUT2D eigenvalue weighted by atomic mass is 16.3. The van der Waals surface area contributed by atoms with Gasteiger partial charge < -0.3 is 10.1 Å². The van der Waals surface area contributed by atoms with E-state index in [1.807, 2.05) is 12.1 Å². The quantitative estimate of drug-likeness (QED) is 0.748. The highest BCUT2D eigenvalue weighted by Crippen LogP contribution is 2.27. The van der Waals surface area contributed by atoms with Gasteiger partial charge in [-0.25, -0.2) is 4.98 Å². The average molecular weight is 200 g/mol. The number of nitrogens with zero attached hydrogens (tertiary/aromatic N) is 1. The van der Waals surface area contributed by atoms with Crippen LogP contribution in [-0.4, -0.2) is 15.1 Å². The molecule has 0 bridgehead atoms. The maximum Gasteiger partial charge on any atom is 0.141 e. The molecule has 3 nitrogen and oxygen atoms in total. The number of allylic oxidation sites excluding steroid dienone is 1. The van der Waals surface area contributed by atoms with Crippen molar-refractivity contribution in [1.82, 2.24) is 9.97 Å². The number of H-pyrrole nitrogens is 1. The van der Waals surface area contributed by atoms with Gasteiger partial charge in [0, 0.05) is 12.4 Å². The Labute approximate surface area is 88.1 Å². The molecule has 1 aromatic heterocycles. The lowest BCUT2D eigenvalue weighted by Crippen LogP contribution is -1.85. The number of phenols is 1. The van der Waals surface area contributed by atoms with Crippen molar-refractivity contribution in [3.05, 3.63) is 48.8 Å². The van der Waals surface area contributed by atoms with Crippen molar-refractivity contribution in [3.8, 4) is 17.1 Å². The van der Waals surface area contributed by atoms with E-state index in [2.05, 4.69) is 16.5 Å². The van der Waals surface area contributed by atoms with Gasteiger partial charge in [-0.05, 0) is 24.1 Å². The van der Waals surface area contributed by atoms with Crippen LogP contribution >= 0.6 is 0 Å². The molecule has 0 aliphatic heterocycles. The topological polar surface area (TPSA) is 48.9 Å². The zero-order valence-electron chi connectivity index (χ0n) is 8.27. The predicted molar refractivity (Wildman–Crippen MR) is 59.6 cm³/mol. The van der Waals surface area contributed by atoms with Gasteiger partial charge in [-0.15, -0.1) is 6.58 Å². The molecule has 0 saturated heterocycles. The molecule has 0 atom stereocenters. The average Bonchev–Trinajstić information content (AvgIpc) is 2.71. The minimum atomic E-state index is 0.240. The first-order valence-corrected chi connectivity index (χ1v) is 4.74. The molecule has 2 N–H and O–H groups in total. The number of rotatable bonds is 3. The molecule has 0 aliphatic carbocycles. The molecule has 1 aromatic carbocycles. The molecule has 2 aromatic rings. The fourth-order valence-corrected chi connectivity index (χ4v) is 1.48. The van der Waals surface area contributed by atoms with Crippen molar-refractivity contribution < 1.29 is 5.11 Å². The summed E-state index contributed by atoms with van der Waals surface area (Å²) in [5.41, 5.74) is 1.76. The number of hydrogen-bond acceptors (Lipinski definition) is 2. The van der Waals surface area contributed by atoms with Crippen LogP contribution in [-0.2, 0) is 6.42 Å². The van der Waals surface area contributed by atoms with Crippen LogP contribution in [0.3, 0.4) is 0 Å². The summed E-state index contributed by atoms with van der Waals surface area (Å²) >= 11 is 0. The zero-order chi connectivity index (χ0) is 10.7. The molecule has 15 heavy (non-hydrogen) atoms. The minimum Gasteiger partial charge on any atom is -0.507 e. The highest BCUT2D eigenvalue weighted by molar-refractivity contribution is 5.64. The molecule has 0 amide bonds. The van der Waals surface area contributed by atoms with E-state index in [1.54, 1.807) is 24.5 Å². The summed E-state index contributed by atoms with van der Waals surface area (Å²) in [6.07, 6.45) is 5.95. The minimum absolute atomic E-state index is 0.240. The second-order valence-electron chi connectivity index (χ2n) is 3.28. The third-order valence-corrected chi connectivity index (χ3v) is 2.20. The maximum absolute atomic E-state index is 9.80. The summed E-state index contributed by atoms with van der Waals surface area (Å²) < 4.78 is 0. The number of aromatic hydroxyl groups is 1. The molecule has 0 aliphatic rings. The summed E-state index contributed by atoms with van der Waals surface area (Å²) in [6, 6.07) is 5.55. The summed E-state index contributed by atoms with van der Waals surface area (Å²) in [5, 5.41) is 9.80. The van der Waals surface area contributed by atoms with Gasteiger partial charge in [-0.3, -0.25) is 0 Å². The zero-order valence-corrected chi connectivity index (χ0v) is 8.27. The van der Waals surface area contributed by atoms with Gasteiger partial charge >= 0.3 is 0 Å². The van der Waals surface area contributed by atoms with Crippen LogP contribution in [0.1, 0.15) is 5.56 Å². The van der Waals surface area contributed by atoms with Gasteiger partial charge in [-0.1, -0.05) is 12.1 Å². The SMILES string of the molecule is C=CCc1ccc(-c2ncc[nH]2)c(O)c1. The normalized spacial score (nSPS) is 10.1. The predicted octanol–water partition coefficient (Wildman–Crippen LogP) is 2.51. The molecule has 0 spiro atoms. The molecular weight excluding hydrogens is 188 g/mol. The van der Waals surface area contributed by atoms with E-state index in [0.717, 1.165) is 12.0 Å². The van der Waals surface area contributed by atoms with Gasteiger partial charge in [0.25, 0.3) is 0 Å². The Morgan fingerprint density at radius 1 is 1.47 bits per heavy atom. The van der Waals surface area contributed by atoms with E-state index in [9.17, 15) is 5.11 Å². The van der Waals surface area contributed by atoms with E-state index in [4.69, 9.17) is 0 Å². The van der Waals surface area contributed by atoms with Crippen LogP contribution in [0.2, 0.25) is 0 Å². The smallest absolute Gasteiger partial charge is 0.141 e. The van der Waals surface area contributed by atoms with Gasteiger partial charge in [0.1, 0.15) is 11.6 Å². The third-order valence-electron chi connectivity index (χ3n) is 2.20. The van der Waals surface area contributed by atoms with Gasteiger partial charge in [-0.2, -0.15) is 0 Å². The molecule has 1 heterocycles. The van der Waals surface area contributed by atoms with E-state index in [1.165, 1.54) is 0 Å². The largest absolute Gasteiger partial charge is 0.507 e. The van der Waals surface area contributed by atoms with Gasteiger partial charge in [0.15, 0.2) is 0 Å². The van der Waals surface area contributed by atoms with E-state index >= 15 is 0 Å². The molecule has 0 unspecified atom stereocenters. The molecule has 76 valence electrons. The number of hydrogen-bond donors (Lipinski definition) is 2. The van der Waals surface area contributed by atoms with Gasteiger partial charge in [0.2, 0.25) is 0 Å². The first-order chi connectivity index (χ1) is 7.31. The third kappa shape index (κ3) is 1.91. The van der Waals surface area contributed by atoms with Crippen LogP contribution in [0.15, 0.2) is 43.2 Å². The number of benzene rings is 1. The Bertz CT molecular complexity index is 460.